The zero-order chi connectivity index (χ0) is 34.3. The Kier molecular flexibility index (Phi) is 11.1. The Labute approximate surface area is 289 Å². The molecule has 0 radical (unpaired) electrons. The van der Waals surface area contributed by atoms with Gasteiger partial charge < -0.3 is 19.6 Å². The van der Waals surface area contributed by atoms with Crippen molar-refractivity contribution in [3.63, 3.8) is 0 Å². The van der Waals surface area contributed by atoms with Crippen molar-refractivity contribution in [2.24, 2.45) is 23.7 Å². The van der Waals surface area contributed by atoms with Crippen LogP contribution in [0.4, 0.5) is 0 Å². The second-order valence-electron chi connectivity index (χ2n) is 14.1. The highest BCUT2D eigenvalue weighted by Crippen LogP contribution is 2.41. The molecule has 2 amide bonds. The van der Waals surface area contributed by atoms with Crippen molar-refractivity contribution in [1.29, 1.82) is 0 Å². The summed E-state index contributed by atoms with van der Waals surface area (Å²) in [5.41, 5.74) is 4.98. The molecule has 3 aromatic rings. The van der Waals surface area contributed by atoms with Gasteiger partial charge in [0.25, 0.3) is 0 Å². The third-order valence-electron chi connectivity index (χ3n) is 10.9. The molecule has 1 saturated heterocycles. The highest BCUT2D eigenvalue weighted by molar-refractivity contribution is 5.87. The lowest BCUT2D eigenvalue weighted by molar-refractivity contribution is -0.153. The van der Waals surface area contributed by atoms with Crippen LogP contribution >= 0.6 is 0 Å². The Morgan fingerprint density at radius 2 is 1.55 bits per heavy atom. The molecule has 9 heteroatoms. The maximum Gasteiger partial charge on any atom is 0.323 e. The molecule has 1 saturated carbocycles. The Hall–Kier alpha value is -4.53. The van der Waals surface area contributed by atoms with Crippen LogP contribution in [0.2, 0.25) is 0 Å². The van der Waals surface area contributed by atoms with Gasteiger partial charge in [-0.15, -0.1) is 0 Å². The van der Waals surface area contributed by atoms with Gasteiger partial charge in [-0.05, 0) is 78.7 Å². The highest BCUT2D eigenvalue weighted by Gasteiger charge is 2.38. The number of allylic oxidation sites excluding steroid dienone is 2. The number of amides is 2. The van der Waals surface area contributed by atoms with Crippen LogP contribution < -0.4 is 4.74 Å². The number of hydrogen-bond donors (Lipinski definition) is 1. The molecule has 1 unspecified atom stereocenters. The highest BCUT2D eigenvalue weighted by atomic mass is 16.5. The summed E-state index contributed by atoms with van der Waals surface area (Å²) in [4.78, 5) is 50.1. The first kappa shape index (κ1) is 34.3. The van der Waals surface area contributed by atoms with Crippen molar-refractivity contribution in [2.75, 3.05) is 26.7 Å². The molecule has 1 aliphatic heterocycles. The van der Waals surface area contributed by atoms with E-state index in [0.29, 0.717) is 5.82 Å². The monoisotopic (exact) mass is 664 g/mol. The second-order valence-corrected chi connectivity index (χ2v) is 14.1. The molecule has 2 fully saturated rings. The van der Waals surface area contributed by atoms with Gasteiger partial charge in [-0.25, -0.2) is 9.97 Å². The predicted molar refractivity (Wildman–Crippen MR) is 188 cm³/mol. The summed E-state index contributed by atoms with van der Waals surface area (Å²) in [7, 11) is 1.59. The molecule has 1 N–H and O–H groups in total. The van der Waals surface area contributed by atoms with Gasteiger partial charge in [0.2, 0.25) is 11.8 Å². The van der Waals surface area contributed by atoms with Gasteiger partial charge >= 0.3 is 5.97 Å². The zero-order valence-corrected chi connectivity index (χ0v) is 28.7. The van der Waals surface area contributed by atoms with E-state index in [0.717, 1.165) is 58.6 Å². The van der Waals surface area contributed by atoms with E-state index >= 15 is 0 Å². The number of carbonyl (C=O) groups excluding carboxylic acids is 2. The van der Waals surface area contributed by atoms with Crippen molar-refractivity contribution >= 4 is 23.4 Å². The Balaban J connectivity index is 1.00. The minimum atomic E-state index is -1.08. The SMILES string of the molecule is CC[C@H]1CC[C@H](C2CC=C(c3cnc(-c4ccc(CN(CC(=O)O)C(=O)C5CN(C(=O)Cc6ccc(OC)cc6)C5)cc4)nc3)CC2)CC1. The third kappa shape index (κ3) is 8.56. The molecule has 9 nitrogen and oxygen atoms in total. The maximum absolute atomic E-state index is 13.3. The van der Waals surface area contributed by atoms with Crippen molar-refractivity contribution in [2.45, 2.75) is 71.3 Å². The first-order chi connectivity index (χ1) is 23.8. The number of carbonyl (C=O) groups is 3. The number of carboxylic acid groups (broad SMARTS) is 1. The van der Waals surface area contributed by atoms with E-state index in [9.17, 15) is 19.5 Å². The molecule has 258 valence electrons. The van der Waals surface area contributed by atoms with Gasteiger partial charge in [0.15, 0.2) is 5.82 Å². The average molecular weight is 665 g/mol. The lowest BCUT2D eigenvalue weighted by Crippen LogP contribution is -2.57. The fourth-order valence-electron chi connectivity index (χ4n) is 7.74. The summed E-state index contributed by atoms with van der Waals surface area (Å²) in [5, 5.41) is 9.54. The third-order valence-corrected chi connectivity index (χ3v) is 10.9. The normalized spacial score (nSPS) is 21.0. The summed E-state index contributed by atoms with van der Waals surface area (Å²) in [6, 6.07) is 14.9. The molecule has 1 aromatic heterocycles. The number of carboxylic acids is 1. The summed E-state index contributed by atoms with van der Waals surface area (Å²) < 4.78 is 5.17. The molecule has 0 bridgehead atoms. The topological polar surface area (TPSA) is 113 Å². The number of likely N-dealkylation sites (tertiary alicyclic amines) is 1. The number of nitrogens with zero attached hydrogens (tertiary/aromatic N) is 4. The van der Waals surface area contributed by atoms with Crippen LogP contribution in [0.1, 0.15) is 75.0 Å². The van der Waals surface area contributed by atoms with Crippen LogP contribution in [0, 0.1) is 23.7 Å². The Morgan fingerprint density at radius 1 is 0.878 bits per heavy atom. The average Bonchev–Trinajstić information content (AvgIpc) is 3.11. The number of aromatic nitrogens is 2. The van der Waals surface area contributed by atoms with Gasteiger partial charge in [0.05, 0.1) is 19.4 Å². The minimum Gasteiger partial charge on any atom is -0.497 e. The number of aliphatic carboxylic acids is 1. The van der Waals surface area contributed by atoms with E-state index < -0.39 is 18.4 Å². The molecule has 1 atom stereocenters. The lowest BCUT2D eigenvalue weighted by Gasteiger charge is -2.40. The van der Waals surface area contributed by atoms with Gasteiger partial charge in [0, 0.05) is 43.2 Å². The second kappa shape index (κ2) is 15.8. The fraction of sp³-hybridized carbons (Fsp3) is 0.475. The smallest absolute Gasteiger partial charge is 0.323 e. The summed E-state index contributed by atoms with van der Waals surface area (Å²) >= 11 is 0. The van der Waals surface area contributed by atoms with Crippen molar-refractivity contribution in [3.8, 4) is 17.1 Å². The maximum atomic E-state index is 13.3. The number of benzene rings is 2. The Morgan fingerprint density at radius 3 is 2.14 bits per heavy atom. The zero-order valence-electron chi connectivity index (χ0n) is 28.7. The number of rotatable bonds is 12. The minimum absolute atomic E-state index is 0.0614. The summed E-state index contributed by atoms with van der Waals surface area (Å²) in [5.74, 6) is 2.17. The molecular formula is C40H48N4O5. The van der Waals surface area contributed by atoms with Crippen LogP contribution in [0.5, 0.6) is 5.75 Å². The number of methoxy groups -OCH3 is 1. The van der Waals surface area contributed by atoms with Gasteiger partial charge in [-0.1, -0.05) is 68.7 Å². The van der Waals surface area contributed by atoms with Crippen LogP contribution in [-0.2, 0) is 27.3 Å². The van der Waals surface area contributed by atoms with Gasteiger partial charge in [0.1, 0.15) is 12.3 Å². The van der Waals surface area contributed by atoms with Gasteiger partial charge in [-0.2, -0.15) is 0 Å². The van der Waals surface area contributed by atoms with E-state index in [4.69, 9.17) is 4.74 Å². The predicted octanol–water partition coefficient (Wildman–Crippen LogP) is 6.67. The van der Waals surface area contributed by atoms with E-state index in [1.54, 1.807) is 12.0 Å². The molecular weight excluding hydrogens is 616 g/mol. The largest absolute Gasteiger partial charge is 0.497 e. The van der Waals surface area contributed by atoms with E-state index in [1.807, 2.05) is 60.9 Å². The van der Waals surface area contributed by atoms with E-state index in [-0.39, 0.29) is 37.9 Å². The first-order valence-corrected chi connectivity index (χ1v) is 17.8. The lowest BCUT2D eigenvalue weighted by atomic mass is 9.71. The van der Waals surface area contributed by atoms with Crippen LogP contribution in [0.3, 0.4) is 0 Å². The van der Waals surface area contributed by atoms with Crippen LogP contribution in [0.25, 0.3) is 17.0 Å². The molecule has 6 rings (SSSR count). The van der Waals surface area contributed by atoms with Crippen molar-refractivity contribution in [3.05, 3.63) is 83.7 Å². The molecule has 0 spiro atoms. The van der Waals surface area contributed by atoms with Crippen LogP contribution in [-0.4, -0.2) is 69.4 Å². The number of ether oxygens (including phenoxy) is 1. The Bertz CT molecular complexity index is 1620. The van der Waals surface area contributed by atoms with Crippen molar-refractivity contribution < 1.29 is 24.2 Å². The number of hydrogen-bond acceptors (Lipinski definition) is 6. The molecule has 49 heavy (non-hydrogen) atoms. The standard InChI is InChI=1S/C40H48N4O5/c1-3-27-4-10-30(11-5-27)31-14-16-32(17-15-31)34-21-41-39(42-22-34)33-12-6-29(7-13-33)23-44(26-38(46)47)40(48)35-24-43(25-35)37(45)20-28-8-18-36(49-2)19-9-28/h6-9,12-13,16,18-19,21-22,27,30-31,35H,3-5,10-11,14-15,17,20,23-26H2,1-2H3,(H,46,47)/t27-,30-,31?. The molecule has 2 aromatic carbocycles. The molecule has 2 heterocycles. The van der Waals surface area contributed by atoms with Gasteiger partial charge in [-0.3, -0.25) is 14.4 Å². The van der Waals surface area contributed by atoms with Crippen molar-refractivity contribution in [1.82, 2.24) is 19.8 Å². The summed E-state index contributed by atoms with van der Waals surface area (Å²) in [6.45, 7) is 2.66. The quantitative estimate of drug-likeness (QED) is 0.230. The van der Waals surface area contributed by atoms with E-state index in [1.165, 1.54) is 49.0 Å². The fourth-order valence-corrected chi connectivity index (χ4v) is 7.74. The first-order valence-electron chi connectivity index (χ1n) is 17.8. The van der Waals surface area contributed by atoms with E-state index in [2.05, 4.69) is 23.0 Å². The molecule has 2 aliphatic carbocycles. The summed E-state index contributed by atoms with van der Waals surface area (Å²) in [6.07, 6.45) is 16.9. The van der Waals surface area contributed by atoms with Crippen LogP contribution in [0.15, 0.2) is 67.0 Å². The molecule has 3 aliphatic rings.